The molecule has 2 heterocycles. The van der Waals surface area contributed by atoms with Crippen molar-refractivity contribution in [3.63, 3.8) is 0 Å². The number of aromatic nitrogens is 4. The van der Waals surface area contributed by atoms with Crippen LogP contribution < -0.4 is 10.9 Å². The van der Waals surface area contributed by atoms with Gasteiger partial charge in [0.1, 0.15) is 5.52 Å². The summed E-state index contributed by atoms with van der Waals surface area (Å²) < 4.78 is 0. The zero-order valence-corrected chi connectivity index (χ0v) is 11.3. The average molecular weight is 264 g/mol. The smallest absolute Gasteiger partial charge is 0.191 e. The molecule has 0 radical (unpaired) electrons. The quantitative estimate of drug-likeness (QED) is 0.243. The highest BCUT2D eigenvalue weighted by Gasteiger charge is 2.08. The lowest BCUT2D eigenvalue weighted by atomic mass is 10.2. The van der Waals surface area contributed by atoms with E-state index < -0.39 is 0 Å². The van der Waals surface area contributed by atoms with Crippen molar-refractivity contribution in [3.05, 3.63) is 18.5 Å². The number of rotatable bonds is 6. The Morgan fingerprint density at radius 3 is 3.06 bits per heavy atom. The molecule has 96 valence electrons. The van der Waals surface area contributed by atoms with E-state index >= 15 is 0 Å². The Kier molecular flexibility index (Phi) is 4.16. The van der Waals surface area contributed by atoms with E-state index in [-0.39, 0.29) is 0 Å². The fourth-order valence-electron chi connectivity index (χ4n) is 1.42. The number of hydrazine groups is 1. The fourth-order valence-corrected chi connectivity index (χ4v) is 1.78. The number of hydrogen-bond donors (Lipinski definition) is 3. The predicted octanol–water partition coefficient (Wildman–Crippen LogP) is 1.96. The van der Waals surface area contributed by atoms with E-state index in [1.165, 1.54) is 11.8 Å². The van der Waals surface area contributed by atoms with Crippen LogP contribution in [0.4, 0.5) is 5.82 Å². The summed E-state index contributed by atoms with van der Waals surface area (Å²) in [4.78, 5) is 15.9. The number of aromatic amines is 1. The van der Waals surface area contributed by atoms with Crippen LogP contribution in [0, 0.1) is 0 Å². The second-order valence-corrected chi connectivity index (χ2v) is 4.69. The molecule has 18 heavy (non-hydrogen) atoms. The van der Waals surface area contributed by atoms with E-state index in [1.54, 1.807) is 6.33 Å². The second kappa shape index (κ2) is 5.83. The van der Waals surface area contributed by atoms with Crippen LogP contribution in [0.5, 0.6) is 0 Å². The molecule has 0 unspecified atom stereocenters. The maximum atomic E-state index is 4.39. The van der Waals surface area contributed by atoms with Crippen molar-refractivity contribution >= 4 is 28.7 Å². The molecule has 0 aliphatic heterocycles. The number of H-pyrrole nitrogens is 1. The molecule has 0 atom stereocenters. The Morgan fingerprint density at radius 1 is 1.50 bits per heavy atom. The summed E-state index contributed by atoms with van der Waals surface area (Å²) in [6.07, 6.45) is 4.47. The summed E-state index contributed by atoms with van der Waals surface area (Å²) in [5, 5.41) is 0.693. The van der Waals surface area contributed by atoms with Crippen LogP contribution in [0.2, 0.25) is 0 Å². The van der Waals surface area contributed by atoms with Gasteiger partial charge in [0.2, 0.25) is 0 Å². The van der Waals surface area contributed by atoms with Crippen LogP contribution in [0.3, 0.4) is 0 Å². The second-order valence-electron chi connectivity index (χ2n) is 3.92. The summed E-state index contributed by atoms with van der Waals surface area (Å²) in [5.41, 5.74) is 8.79. The number of imidazole rings is 1. The van der Waals surface area contributed by atoms with Gasteiger partial charge in [0, 0.05) is 6.54 Å². The topological polar surface area (TPSA) is 78.5 Å². The third-order valence-electron chi connectivity index (χ3n) is 2.33. The Morgan fingerprint density at radius 2 is 2.33 bits per heavy atom. The molecule has 0 amide bonds. The molecule has 2 aromatic heterocycles. The normalized spacial score (nSPS) is 10.8. The van der Waals surface area contributed by atoms with Crippen molar-refractivity contribution in [1.29, 1.82) is 0 Å². The standard InChI is InChI=1S/C11H16N6S/c1-7(2)4-5-14-17-10-8-9(13-6-12-8)15-11(16-10)18-3/h6,14H,1,4-5H2,2-3H3,(H2,12,13,15,16,17). The zero-order chi connectivity index (χ0) is 13.0. The number of anilines is 1. The lowest BCUT2D eigenvalue weighted by molar-refractivity contribution is 0.766. The first kappa shape index (κ1) is 12.8. The zero-order valence-electron chi connectivity index (χ0n) is 10.4. The van der Waals surface area contributed by atoms with Gasteiger partial charge in [0.05, 0.1) is 6.33 Å². The van der Waals surface area contributed by atoms with Gasteiger partial charge < -0.3 is 10.4 Å². The van der Waals surface area contributed by atoms with Crippen LogP contribution in [-0.4, -0.2) is 32.7 Å². The first-order valence-electron chi connectivity index (χ1n) is 5.59. The van der Waals surface area contributed by atoms with Crippen molar-refractivity contribution in [2.24, 2.45) is 0 Å². The first-order valence-corrected chi connectivity index (χ1v) is 6.81. The number of nitrogens with one attached hydrogen (secondary N) is 3. The van der Waals surface area contributed by atoms with Gasteiger partial charge in [-0.1, -0.05) is 17.3 Å². The molecule has 0 aliphatic rings. The Labute approximate surface area is 110 Å². The van der Waals surface area contributed by atoms with Gasteiger partial charge in [-0.3, -0.25) is 0 Å². The van der Waals surface area contributed by atoms with Crippen molar-refractivity contribution in [2.75, 3.05) is 18.2 Å². The highest BCUT2D eigenvalue weighted by molar-refractivity contribution is 7.98. The SMILES string of the molecule is C=C(C)CCNNc1nc(SC)nc2nc[nH]c12. The van der Waals surface area contributed by atoms with Crippen molar-refractivity contribution in [1.82, 2.24) is 25.4 Å². The monoisotopic (exact) mass is 264 g/mol. The predicted molar refractivity (Wildman–Crippen MR) is 74.5 cm³/mol. The van der Waals surface area contributed by atoms with Crippen molar-refractivity contribution in [2.45, 2.75) is 18.5 Å². The largest absolute Gasteiger partial charge is 0.340 e. The minimum absolute atomic E-state index is 0.665. The van der Waals surface area contributed by atoms with E-state index in [0.29, 0.717) is 16.6 Å². The van der Waals surface area contributed by atoms with E-state index in [9.17, 15) is 0 Å². The first-order chi connectivity index (χ1) is 8.70. The van der Waals surface area contributed by atoms with Gasteiger partial charge in [-0.2, -0.15) is 0 Å². The molecule has 0 aliphatic carbocycles. The highest BCUT2D eigenvalue weighted by atomic mass is 32.2. The van der Waals surface area contributed by atoms with Crippen LogP contribution in [0.15, 0.2) is 23.6 Å². The lowest BCUT2D eigenvalue weighted by Gasteiger charge is -2.08. The molecule has 0 spiro atoms. The van der Waals surface area contributed by atoms with Crippen LogP contribution >= 0.6 is 11.8 Å². The summed E-state index contributed by atoms with van der Waals surface area (Å²) in [7, 11) is 0. The molecule has 3 N–H and O–H groups in total. The minimum Gasteiger partial charge on any atom is -0.340 e. The molecule has 0 aromatic carbocycles. The van der Waals surface area contributed by atoms with Crippen LogP contribution in [-0.2, 0) is 0 Å². The molecule has 6 nitrogen and oxygen atoms in total. The van der Waals surface area contributed by atoms with Gasteiger partial charge >= 0.3 is 0 Å². The Bertz CT molecular complexity index is 549. The van der Waals surface area contributed by atoms with E-state index in [4.69, 9.17) is 0 Å². The number of nitrogens with zero attached hydrogens (tertiary/aromatic N) is 3. The third kappa shape index (κ3) is 2.99. The average Bonchev–Trinajstić information content (AvgIpc) is 2.82. The number of thioether (sulfide) groups is 1. The molecule has 0 saturated heterocycles. The van der Waals surface area contributed by atoms with Crippen molar-refractivity contribution < 1.29 is 0 Å². The lowest BCUT2D eigenvalue weighted by Crippen LogP contribution is -2.24. The van der Waals surface area contributed by atoms with Crippen LogP contribution in [0.25, 0.3) is 11.2 Å². The molecule has 2 aromatic rings. The van der Waals surface area contributed by atoms with E-state index in [0.717, 1.165) is 24.1 Å². The molecule has 0 fully saturated rings. The maximum absolute atomic E-state index is 4.39. The van der Waals surface area contributed by atoms with Gasteiger partial charge in [0.25, 0.3) is 0 Å². The van der Waals surface area contributed by atoms with Gasteiger partial charge in [0.15, 0.2) is 16.6 Å². The molecular formula is C11H16N6S. The van der Waals surface area contributed by atoms with Crippen LogP contribution in [0.1, 0.15) is 13.3 Å². The third-order valence-corrected chi connectivity index (χ3v) is 2.88. The minimum atomic E-state index is 0.665. The summed E-state index contributed by atoms with van der Waals surface area (Å²) in [5.74, 6) is 0.712. The molecule has 0 saturated carbocycles. The molecule has 2 rings (SSSR count). The summed E-state index contributed by atoms with van der Waals surface area (Å²) in [6, 6.07) is 0. The summed E-state index contributed by atoms with van der Waals surface area (Å²) in [6.45, 7) is 6.66. The maximum Gasteiger partial charge on any atom is 0.191 e. The van der Waals surface area contributed by atoms with Gasteiger partial charge in [-0.15, -0.1) is 6.58 Å². The molecule has 0 bridgehead atoms. The highest BCUT2D eigenvalue weighted by Crippen LogP contribution is 2.19. The van der Waals surface area contributed by atoms with Crippen molar-refractivity contribution in [3.8, 4) is 0 Å². The van der Waals surface area contributed by atoms with Gasteiger partial charge in [-0.05, 0) is 19.6 Å². The van der Waals surface area contributed by atoms with E-state index in [1.807, 2.05) is 13.2 Å². The number of fused-ring (bicyclic) bond motifs is 1. The van der Waals surface area contributed by atoms with Gasteiger partial charge in [-0.25, -0.2) is 20.4 Å². The Hall–Kier alpha value is -1.60. The summed E-state index contributed by atoms with van der Waals surface area (Å²) >= 11 is 1.49. The van der Waals surface area contributed by atoms with E-state index in [2.05, 4.69) is 37.4 Å². The number of hydrogen-bond acceptors (Lipinski definition) is 6. The fraction of sp³-hybridized carbons (Fsp3) is 0.364. The molecule has 7 heteroatoms. The molecular weight excluding hydrogens is 248 g/mol. The Balaban J connectivity index is 2.10.